The van der Waals surface area contributed by atoms with Crippen LogP contribution in [0.15, 0.2) is 16.6 Å². The highest BCUT2D eigenvalue weighted by Crippen LogP contribution is 2.24. The van der Waals surface area contributed by atoms with Crippen molar-refractivity contribution in [3.63, 3.8) is 0 Å². The van der Waals surface area contributed by atoms with E-state index in [9.17, 15) is 8.78 Å². The van der Waals surface area contributed by atoms with Gasteiger partial charge in [0.15, 0.2) is 0 Å². The third kappa shape index (κ3) is 3.92. The smallest absolute Gasteiger partial charge is 0.149 e. The number of anilines is 1. The van der Waals surface area contributed by atoms with Crippen molar-refractivity contribution in [3.8, 4) is 0 Å². The van der Waals surface area contributed by atoms with Gasteiger partial charge in [-0.1, -0.05) is 13.8 Å². The Labute approximate surface area is 109 Å². The van der Waals surface area contributed by atoms with Gasteiger partial charge >= 0.3 is 0 Å². The lowest BCUT2D eigenvalue weighted by atomic mass is 9.96. The van der Waals surface area contributed by atoms with Gasteiger partial charge in [0.1, 0.15) is 11.6 Å². The molecule has 0 bridgehead atoms. The fourth-order valence-electron chi connectivity index (χ4n) is 1.49. The van der Waals surface area contributed by atoms with Gasteiger partial charge in [0.25, 0.3) is 0 Å². The van der Waals surface area contributed by atoms with Crippen molar-refractivity contribution < 1.29 is 8.78 Å². The normalized spacial score (nSPS) is 12.9. The Hall–Kier alpha value is -0.680. The molecular formula is C12H17BrF2N2. The van der Waals surface area contributed by atoms with Crippen LogP contribution in [0.5, 0.6) is 0 Å². The lowest BCUT2D eigenvalue weighted by molar-refractivity contribution is 0.412. The summed E-state index contributed by atoms with van der Waals surface area (Å²) in [5.74, 6) is -0.518. The summed E-state index contributed by atoms with van der Waals surface area (Å²) in [5, 5.41) is 2.96. The fourth-order valence-corrected chi connectivity index (χ4v) is 1.83. The van der Waals surface area contributed by atoms with E-state index in [-0.39, 0.29) is 16.1 Å². The Morgan fingerprint density at radius 2 is 1.94 bits per heavy atom. The topological polar surface area (TPSA) is 38.0 Å². The standard InChI is InChI=1S/C12H17BrF2N2/c1-7(2)8(5-16)6-17-12-3-9(13)10(14)4-11(12)15/h3-4,7-8,17H,5-6,16H2,1-2H3. The molecule has 1 aromatic carbocycles. The maximum Gasteiger partial charge on any atom is 0.149 e. The third-order valence-electron chi connectivity index (χ3n) is 2.81. The number of hydrogen-bond acceptors (Lipinski definition) is 2. The van der Waals surface area contributed by atoms with E-state index < -0.39 is 11.6 Å². The molecule has 1 atom stereocenters. The summed E-state index contributed by atoms with van der Waals surface area (Å²) in [5.41, 5.74) is 5.92. The van der Waals surface area contributed by atoms with Crippen LogP contribution in [0.2, 0.25) is 0 Å². The minimum atomic E-state index is -0.604. The molecule has 1 rings (SSSR count). The number of nitrogens with one attached hydrogen (secondary N) is 1. The van der Waals surface area contributed by atoms with Crippen LogP contribution in [0.3, 0.4) is 0 Å². The van der Waals surface area contributed by atoms with Crippen LogP contribution in [0, 0.1) is 23.5 Å². The molecule has 0 amide bonds. The van der Waals surface area contributed by atoms with Crippen LogP contribution in [-0.4, -0.2) is 13.1 Å². The first-order chi connectivity index (χ1) is 7.95. The Bertz CT molecular complexity index is 383. The van der Waals surface area contributed by atoms with Crippen LogP contribution < -0.4 is 11.1 Å². The van der Waals surface area contributed by atoms with Gasteiger partial charge in [-0.05, 0) is 40.4 Å². The van der Waals surface area contributed by atoms with Crippen LogP contribution in [0.1, 0.15) is 13.8 Å². The fraction of sp³-hybridized carbons (Fsp3) is 0.500. The molecule has 1 unspecified atom stereocenters. The van der Waals surface area contributed by atoms with Crippen molar-refractivity contribution in [2.24, 2.45) is 17.6 Å². The molecule has 2 nitrogen and oxygen atoms in total. The Balaban J connectivity index is 2.72. The largest absolute Gasteiger partial charge is 0.382 e. The quantitative estimate of drug-likeness (QED) is 0.819. The van der Waals surface area contributed by atoms with Gasteiger partial charge in [-0.2, -0.15) is 0 Å². The molecule has 0 fully saturated rings. The molecule has 0 heterocycles. The van der Waals surface area contributed by atoms with E-state index in [4.69, 9.17) is 5.73 Å². The summed E-state index contributed by atoms with van der Waals surface area (Å²) in [4.78, 5) is 0. The van der Waals surface area contributed by atoms with Crippen LogP contribution in [0.25, 0.3) is 0 Å². The summed E-state index contributed by atoms with van der Waals surface area (Å²) in [6.07, 6.45) is 0. The van der Waals surface area contributed by atoms with E-state index in [1.54, 1.807) is 0 Å². The zero-order valence-corrected chi connectivity index (χ0v) is 11.5. The predicted octanol–water partition coefficient (Wildman–Crippen LogP) is 3.37. The maximum absolute atomic E-state index is 13.4. The Kier molecular flexibility index (Phi) is 5.33. The summed E-state index contributed by atoms with van der Waals surface area (Å²) < 4.78 is 26.7. The average Bonchev–Trinajstić information content (AvgIpc) is 2.25. The second-order valence-corrected chi connectivity index (χ2v) is 5.22. The third-order valence-corrected chi connectivity index (χ3v) is 3.42. The predicted molar refractivity (Wildman–Crippen MR) is 69.9 cm³/mol. The van der Waals surface area contributed by atoms with Crippen LogP contribution >= 0.6 is 15.9 Å². The van der Waals surface area contributed by atoms with E-state index in [0.29, 0.717) is 19.0 Å². The zero-order chi connectivity index (χ0) is 13.0. The van der Waals surface area contributed by atoms with Gasteiger partial charge < -0.3 is 11.1 Å². The molecule has 0 aliphatic carbocycles. The molecule has 3 N–H and O–H groups in total. The first-order valence-corrected chi connectivity index (χ1v) is 6.33. The lowest BCUT2D eigenvalue weighted by Crippen LogP contribution is -2.27. The number of nitrogens with two attached hydrogens (primary N) is 1. The van der Waals surface area contributed by atoms with Crippen molar-refractivity contribution in [1.82, 2.24) is 0 Å². The first kappa shape index (κ1) is 14.4. The average molecular weight is 307 g/mol. The highest BCUT2D eigenvalue weighted by molar-refractivity contribution is 9.10. The molecule has 17 heavy (non-hydrogen) atoms. The molecule has 0 saturated carbocycles. The SMILES string of the molecule is CC(C)C(CN)CNc1cc(Br)c(F)cc1F. The van der Waals surface area contributed by atoms with E-state index in [0.717, 1.165) is 6.07 Å². The minimum Gasteiger partial charge on any atom is -0.382 e. The van der Waals surface area contributed by atoms with Crippen molar-refractivity contribution >= 4 is 21.6 Å². The number of rotatable bonds is 5. The Morgan fingerprint density at radius 3 is 2.47 bits per heavy atom. The van der Waals surface area contributed by atoms with Gasteiger partial charge in [0.05, 0.1) is 10.2 Å². The molecule has 0 aliphatic rings. The van der Waals surface area contributed by atoms with Gasteiger partial charge in [-0.3, -0.25) is 0 Å². The lowest BCUT2D eigenvalue weighted by Gasteiger charge is -2.20. The van der Waals surface area contributed by atoms with Gasteiger partial charge in [-0.25, -0.2) is 8.78 Å². The summed E-state index contributed by atoms with van der Waals surface area (Å²) >= 11 is 3.03. The second kappa shape index (κ2) is 6.31. The maximum atomic E-state index is 13.4. The van der Waals surface area contributed by atoms with Crippen molar-refractivity contribution in [2.45, 2.75) is 13.8 Å². The van der Waals surface area contributed by atoms with Gasteiger partial charge in [0.2, 0.25) is 0 Å². The monoisotopic (exact) mass is 306 g/mol. The van der Waals surface area contributed by atoms with Crippen molar-refractivity contribution in [2.75, 3.05) is 18.4 Å². The Morgan fingerprint density at radius 1 is 1.29 bits per heavy atom. The van der Waals surface area contributed by atoms with Crippen LogP contribution in [0.4, 0.5) is 14.5 Å². The summed E-state index contributed by atoms with van der Waals surface area (Å²) in [7, 11) is 0. The molecule has 0 saturated heterocycles. The molecule has 0 spiro atoms. The summed E-state index contributed by atoms with van der Waals surface area (Å²) in [6.45, 7) is 5.24. The van der Waals surface area contributed by atoms with E-state index >= 15 is 0 Å². The summed E-state index contributed by atoms with van der Waals surface area (Å²) in [6, 6.07) is 2.26. The van der Waals surface area contributed by atoms with E-state index in [2.05, 4.69) is 35.1 Å². The molecular weight excluding hydrogens is 290 g/mol. The molecule has 0 aliphatic heterocycles. The molecule has 1 aromatic rings. The van der Waals surface area contributed by atoms with Crippen LogP contribution in [-0.2, 0) is 0 Å². The molecule has 96 valence electrons. The number of hydrogen-bond donors (Lipinski definition) is 2. The number of benzene rings is 1. The number of halogens is 3. The first-order valence-electron chi connectivity index (χ1n) is 5.54. The van der Waals surface area contributed by atoms with Crippen molar-refractivity contribution in [3.05, 3.63) is 28.2 Å². The highest BCUT2D eigenvalue weighted by atomic mass is 79.9. The van der Waals surface area contributed by atoms with E-state index in [1.165, 1.54) is 6.07 Å². The second-order valence-electron chi connectivity index (χ2n) is 4.37. The minimum absolute atomic E-state index is 0.246. The van der Waals surface area contributed by atoms with E-state index in [1.807, 2.05) is 0 Å². The molecule has 5 heteroatoms. The molecule has 0 aromatic heterocycles. The molecule has 0 radical (unpaired) electrons. The van der Waals surface area contributed by atoms with Gasteiger partial charge in [-0.15, -0.1) is 0 Å². The zero-order valence-electron chi connectivity index (χ0n) is 9.93. The van der Waals surface area contributed by atoms with Gasteiger partial charge in [0, 0.05) is 12.6 Å². The highest BCUT2D eigenvalue weighted by Gasteiger charge is 2.13. The van der Waals surface area contributed by atoms with Crippen molar-refractivity contribution in [1.29, 1.82) is 0 Å².